The summed E-state index contributed by atoms with van der Waals surface area (Å²) in [5.74, 6) is -0.714. The van der Waals surface area contributed by atoms with Crippen LogP contribution in [0.5, 0.6) is 0 Å². The maximum absolute atomic E-state index is 13.7. The van der Waals surface area contributed by atoms with Crippen molar-refractivity contribution in [2.24, 2.45) is 0 Å². The van der Waals surface area contributed by atoms with Gasteiger partial charge >= 0.3 is 5.69 Å². The van der Waals surface area contributed by atoms with Gasteiger partial charge in [-0.05, 0) is 36.2 Å². The molecule has 4 rings (SSSR count). The summed E-state index contributed by atoms with van der Waals surface area (Å²) >= 11 is 0. The minimum Gasteiger partial charge on any atom is -0.328 e. The summed E-state index contributed by atoms with van der Waals surface area (Å²) < 4.78 is 13.7. The van der Waals surface area contributed by atoms with E-state index < -0.39 is 11.2 Å². The summed E-state index contributed by atoms with van der Waals surface area (Å²) in [4.78, 5) is 47.3. The number of amides is 1. The molecule has 8 nitrogen and oxygen atoms in total. The maximum atomic E-state index is 13.7. The lowest BCUT2D eigenvalue weighted by atomic mass is 10.0. The Bertz CT molecular complexity index is 1190. The van der Waals surface area contributed by atoms with Crippen molar-refractivity contribution in [1.82, 2.24) is 25.2 Å². The van der Waals surface area contributed by atoms with Crippen LogP contribution in [-0.4, -0.2) is 45.4 Å². The molecule has 28 heavy (non-hydrogen) atoms. The smallest absolute Gasteiger partial charge is 0.327 e. The number of nitrogens with one attached hydrogen (secondary N) is 3. The third-order valence-corrected chi connectivity index (χ3v) is 4.86. The molecule has 1 amide bonds. The fourth-order valence-corrected chi connectivity index (χ4v) is 3.57. The fourth-order valence-electron chi connectivity index (χ4n) is 3.57. The molecule has 0 spiro atoms. The van der Waals surface area contributed by atoms with Crippen LogP contribution in [0.15, 0.2) is 39.9 Å². The number of nitrogens with zero attached hydrogens (tertiary/aromatic N) is 2. The summed E-state index contributed by atoms with van der Waals surface area (Å²) in [6.07, 6.45) is 0. The molecule has 3 heterocycles. The number of carbonyl (C=O) groups is 1. The number of hydrogen-bond donors (Lipinski definition) is 3. The Hall–Kier alpha value is -3.33. The van der Waals surface area contributed by atoms with Crippen LogP contribution in [0.3, 0.4) is 0 Å². The van der Waals surface area contributed by atoms with Crippen LogP contribution >= 0.6 is 0 Å². The molecule has 9 heteroatoms. The number of hydrogen-bond acceptors (Lipinski definition) is 5. The van der Waals surface area contributed by atoms with Gasteiger partial charge in [0.05, 0.1) is 11.4 Å². The molecule has 1 saturated heterocycles. The third-order valence-electron chi connectivity index (χ3n) is 4.86. The molecular formula is C19H18FN5O3. The van der Waals surface area contributed by atoms with Crippen molar-refractivity contribution in [3.8, 4) is 0 Å². The van der Waals surface area contributed by atoms with Crippen molar-refractivity contribution in [3.05, 3.63) is 73.8 Å². The largest absolute Gasteiger partial charge is 0.328 e. The van der Waals surface area contributed by atoms with Gasteiger partial charge < -0.3 is 10.2 Å². The number of halogens is 1. The molecule has 3 N–H and O–H groups in total. The number of aromatic amines is 2. The average Bonchev–Trinajstić information content (AvgIpc) is 2.66. The zero-order valence-corrected chi connectivity index (χ0v) is 15.1. The van der Waals surface area contributed by atoms with E-state index in [1.54, 1.807) is 24.0 Å². The Morgan fingerprint density at radius 2 is 2.07 bits per heavy atom. The molecule has 0 aliphatic carbocycles. The normalized spacial score (nSPS) is 17.1. The summed E-state index contributed by atoms with van der Waals surface area (Å²) in [5, 5.41) is 3.45. The van der Waals surface area contributed by atoms with Crippen LogP contribution in [0.2, 0.25) is 0 Å². The second-order valence-corrected chi connectivity index (χ2v) is 6.73. The monoisotopic (exact) mass is 383 g/mol. The molecule has 1 unspecified atom stereocenters. The van der Waals surface area contributed by atoms with Crippen molar-refractivity contribution >= 4 is 16.9 Å². The molecule has 0 bridgehead atoms. The molecular weight excluding hydrogens is 365 g/mol. The predicted octanol–water partition coefficient (Wildman–Crippen LogP) is 0.846. The lowest BCUT2D eigenvalue weighted by Crippen LogP contribution is -2.49. The number of piperazine rings is 1. The first-order valence-corrected chi connectivity index (χ1v) is 8.85. The Balaban J connectivity index is 1.77. The van der Waals surface area contributed by atoms with E-state index in [1.165, 1.54) is 18.2 Å². The third kappa shape index (κ3) is 3.20. The zero-order chi connectivity index (χ0) is 19.8. The van der Waals surface area contributed by atoms with E-state index in [-0.39, 0.29) is 34.5 Å². The number of rotatable bonds is 2. The number of aryl methyl sites for hydroxylation is 1. The van der Waals surface area contributed by atoms with Crippen molar-refractivity contribution in [2.75, 3.05) is 19.6 Å². The van der Waals surface area contributed by atoms with Gasteiger partial charge in [0.1, 0.15) is 17.2 Å². The van der Waals surface area contributed by atoms with Gasteiger partial charge in [0.15, 0.2) is 0 Å². The van der Waals surface area contributed by atoms with Crippen LogP contribution in [0.4, 0.5) is 4.39 Å². The van der Waals surface area contributed by atoms with Gasteiger partial charge in [0.25, 0.3) is 11.5 Å². The first-order valence-electron chi connectivity index (χ1n) is 8.85. The second-order valence-electron chi connectivity index (χ2n) is 6.73. The van der Waals surface area contributed by atoms with Crippen LogP contribution in [-0.2, 0) is 0 Å². The van der Waals surface area contributed by atoms with E-state index in [0.717, 1.165) is 0 Å². The summed E-state index contributed by atoms with van der Waals surface area (Å²) in [5.41, 5.74) is 0.159. The van der Waals surface area contributed by atoms with E-state index >= 15 is 0 Å². The highest BCUT2D eigenvalue weighted by Crippen LogP contribution is 2.25. The van der Waals surface area contributed by atoms with Crippen molar-refractivity contribution in [1.29, 1.82) is 0 Å². The minimum absolute atomic E-state index is 0.0644. The maximum Gasteiger partial charge on any atom is 0.327 e. The summed E-state index contributed by atoms with van der Waals surface area (Å²) in [6, 6.07) is 7.33. The first kappa shape index (κ1) is 18.1. The summed E-state index contributed by atoms with van der Waals surface area (Å²) in [6.45, 7) is 3.18. The highest BCUT2D eigenvalue weighted by atomic mass is 19.1. The Labute approximate surface area is 158 Å². The molecule has 1 aliphatic heterocycles. The van der Waals surface area contributed by atoms with Crippen molar-refractivity contribution < 1.29 is 9.18 Å². The average molecular weight is 383 g/mol. The van der Waals surface area contributed by atoms with Crippen molar-refractivity contribution in [3.63, 3.8) is 0 Å². The van der Waals surface area contributed by atoms with E-state index in [1.807, 2.05) is 0 Å². The molecule has 0 saturated carbocycles. The molecule has 1 aromatic carbocycles. The Morgan fingerprint density at radius 3 is 2.86 bits per heavy atom. The number of carbonyl (C=O) groups excluding carboxylic acids is 1. The Morgan fingerprint density at radius 1 is 1.25 bits per heavy atom. The molecule has 1 aliphatic rings. The van der Waals surface area contributed by atoms with Gasteiger partial charge in [0, 0.05) is 19.6 Å². The number of H-pyrrole nitrogens is 2. The number of pyridine rings is 1. The van der Waals surface area contributed by atoms with Gasteiger partial charge in [-0.1, -0.05) is 12.1 Å². The highest BCUT2D eigenvalue weighted by Gasteiger charge is 2.30. The lowest BCUT2D eigenvalue weighted by Gasteiger charge is -2.36. The van der Waals surface area contributed by atoms with Gasteiger partial charge in [-0.25, -0.2) is 14.2 Å². The van der Waals surface area contributed by atoms with Gasteiger partial charge in [-0.2, -0.15) is 0 Å². The molecule has 1 fully saturated rings. The van der Waals surface area contributed by atoms with Crippen molar-refractivity contribution in [2.45, 2.75) is 13.0 Å². The van der Waals surface area contributed by atoms with Gasteiger partial charge in [-0.3, -0.25) is 19.6 Å². The molecule has 0 radical (unpaired) electrons. The van der Waals surface area contributed by atoms with Crippen LogP contribution < -0.4 is 16.6 Å². The molecule has 144 valence electrons. The first-order chi connectivity index (χ1) is 13.4. The molecule has 1 atom stereocenters. The molecule has 3 aromatic rings. The quantitative estimate of drug-likeness (QED) is 0.608. The number of aromatic nitrogens is 3. The summed E-state index contributed by atoms with van der Waals surface area (Å²) in [7, 11) is 0. The molecule has 2 aromatic heterocycles. The standard InChI is InChI=1S/C19H18FN5O3/c1-10-7-13(22-16-15(10)17(26)24-19(28)23-16)18(27)25-6-5-21-9-14(25)11-3-2-4-12(20)8-11/h2-4,7-8,14,21H,5-6,9H2,1H3,(H2,22,23,24,26,28). The fraction of sp³-hybridized carbons (Fsp3) is 0.263. The van der Waals surface area contributed by atoms with E-state index in [9.17, 15) is 18.8 Å². The SMILES string of the molecule is Cc1cc(C(=O)N2CCNCC2c2cccc(F)c2)nc2[nH]c(=O)[nH]c(=O)c12. The highest BCUT2D eigenvalue weighted by molar-refractivity contribution is 5.95. The number of fused-ring (bicyclic) bond motifs is 1. The lowest BCUT2D eigenvalue weighted by molar-refractivity contribution is 0.0628. The topological polar surface area (TPSA) is 111 Å². The minimum atomic E-state index is -0.686. The van der Waals surface area contributed by atoms with Crippen LogP contribution in [0, 0.1) is 12.7 Å². The van der Waals surface area contributed by atoms with E-state index in [4.69, 9.17) is 0 Å². The second kappa shape index (κ2) is 7.01. The van der Waals surface area contributed by atoms with E-state index in [0.29, 0.717) is 30.8 Å². The van der Waals surface area contributed by atoms with Gasteiger partial charge in [-0.15, -0.1) is 0 Å². The van der Waals surface area contributed by atoms with Crippen LogP contribution in [0.25, 0.3) is 11.0 Å². The van der Waals surface area contributed by atoms with E-state index in [2.05, 4.69) is 20.3 Å². The zero-order valence-electron chi connectivity index (χ0n) is 15.1. The number of benzene rings is 1. The Kier molecular flexibility index (Phi) is 4.52. The predicted molar refractivity (Wildman–Crippen MR) is 101 cm³/mol. The van der Waals surface area contributed by atoms with Crippen LogP contribution in [0.1, 0.15) is 27.7 Å². The van der Waals surface area contributed by atoms with Gasteiger partial charge in [0.2, 0.25) is 0 Å².